The summed E-state index contributed by atoms with van der Waals surface area (Å²) in [6.07, 6.45) is 0.710. The van der Waals surface area contributed by atoms with Gasteiger partial charge >= 0.3 is 0 Å². The average molecular weight is 518 g/mol. The zero-order chi connectivity index (χ0) is 27.0. The van der Waals surface area contributed by atoms with E-state index in [1.54, 1.807) is 12.1 Å². The van der Waals surface area contributed by atoms with Crippen LogP contribution < -0.4 is 16.0 Å². The van der Waals surface area contributed by atoms with Gasteiger partial charge in [0.15, 0.2) is 0 Å². The third-order valence-corrected chi connectivity index (χ3v) is 6.57. The topological polar surface area (TPSA) is 99.2 Å². The van der Waals surface area contributed by atoms with E-state index in [0.717, 1.165) is 51.2 Å². The van der Waals surface area contributed by atoms with E-state index in [1.807, 2.05) is 91.9 Å². The first-order chi connectivity index (χ1) is 19.1. The number of aliphatic hydroxyl groups excluding tert-OH is 1. The average Bonchev–Trinajstić information content (AvgIpc) is 2.97. The Morgan fingerprint density at radius 3 is 2.41 bits per heavy atom. The van der Waals surface area contributed by atoms with Crippen LogP contribution in [0.1, 0.15) is 27.9 Å². The summed E-state index contributed by atoms with van der Waals surface area (Å²) >= 11 is 0. The molecule has 7 nitrogen and oxygen atoms in total. The number of hydrogen-bond acceptors (Lipinski definition) is 6. The van der Waals surface area contributed by atoms with Crippen molar-refractivity contribution in [3.05, 3.63) is 114 Å². The molecule has 5 rings (SSSR count). The molecule has 5 aromatic rings. The number of anilines is 3. The first-order valence-electron chi connectivity index (χ1n) is 13.0. The number of nitrogens with one attached hydrogen (secondary N) is 3. The van der Waals surface area contributed by atoms with E-state index in [2.05, 4.69) is 16.0 Å². The lowest BCUT2D eigenvalue weighted by molar-refractivity contribution is 0.102. The third-order valence-electron chi connectivity index (χ3n) is 6.57. The number of hydrogen-bond donors (Lipinski definition) is 4. The molecule has 39 heavy (non-hydrogen) atoms. The van der Waals surface area contributed by atoms with Crippen LogP contribution in [0.4, 0.5) is 17.3 Å². The molecule has 0 aliphatic rings. The minimum Gasteiger partial charge on any atom is -0.396 e. The van der Waals surface area contributed by atoms with E-state index in [1.165, 1.54) is 0 Å². The molecule has 1 amide bonds. The van der Waals surface area contributed by atoms with E-state index in [4.69, 9.17) is 15.1 Å². The Balaban J connectivity index is 1.30. The van der Waals surface area contributed by atoms with Gasteiger partial charge in [0.25, 0.3) is 5.91 Å². The highest BCUT2D eigenvalue weighted by molar-refractivity contribution is 6.05. The zero-order valence-electron chi connectivity index (χ0n) is 21.8. The Bertz CT molecular complexity index is 1570. The van der Waals surface area contributed by atoms with Crippen molar-refractivity contribution < 1.29 is 9.90 Å². The lowest BCUT2D eigenvalue weighted by atomic mass is 10.1. The quantitative estimate of drug-likeness (QED) is 0.168. The molecule has 0 radical (unpaired) electrons. The summed E-state index contributed by atoms with van der Waals surface area (Å²) in [5.41, 5.74) is 6.97. The molecule has 7 heteroatoms. The number of aromatic nitrogens is 2. The molecule has 4 N–H and O–H groups in total. The highest BCUT2D eigenvalue weighted by Gasteiger charge is 2.12. The fourth-order valence-electron chi connectivity index (χ4n) is 4.41. The number of nitrogens with zero attached hydrogens (tertiary/aromatic N) is 2. The molecule has 196 valence electrons. The molecule has 1 aromatic heterocycles. The number of amides is 1. The molecule has 0 aliphatic carbocycles. The first-order valence-corrected chi connectivity index (χ1v) is 13.0. The van der Waals surface area contributed by atoms with E-state index >= 15 is 0 Å². The minimum atomic E-state index is -0.177. The maximum atomic E-state index is 13.0. The molecule has 1 heterocycles. The van der Waals surface area contributed by atoms with Crippen molar-refractivity contribution in [2.45, 2.75) is 19.9 Å². The third kappa shape index (κ3) is 6.29. The second-order valence-electron chi connectivity index (χ2n) is 9.28. The van der Waals surface area contributed by atoms with Gasteiger partial charge in [0, 0.05) is 41.0 Å². The maximum absolute atomic E-state index is 13.0. The first kappa shape index (κ1) is 26.0. The molecular weight excluding hydrogens is 486 g/mol. The molecule has 0 bridgehead atoms. The summed E-state index contributed by atoms with van der Waals surface area (Å²) in [6, 6.07) is 31.2. The van der Waals surface area contributed by atoms with Crippen LogP contribution in [0.15, 0.2) is 97.1 Å². The van der Waals surface area contributed by atoms with Gasteiger partial charge in [0.2, 0.25) is 5.95 Å². The molecule has 0 aliphatic heterocycles. The van der Waals surface area contributed by atoms with Gasteiger partial charge in [-0.2, -0.15) is 0 Å². The van der Waals surface area contributed by atoms with Crippen molar-refractivity contribution >= 4 is 34.1 Å². The van der Waals surface area contributed by atoms with E-state index < -0.39 is 0 Å². The molecule has 0 atom stereocenters. The van der Waals surface area contributed by atoms with Gasteiger partial charge in [-0.3, -0.25) is 4.79 Å². The largest absolute Gasteiger partial charge is 0.396 e. The maximum Gasteiger partial charge on any atom is 0.255 e. The molecule has 0 unspecified atom stereocenters. The number of fused-ring (bicyclic) bond motifs is 1. The van der Waals surface area contributed by atoms with Gasteiger partial charge in [-0.05, 0) is 67.4 Å². The highest BCUT2D eigenvalue weighted by atomic mass is 16.3. The van der Waals surface area contributed by atoms with Crippen molar-refractivity contribution in [3.63, 3.8) is 0 Å². The Kier molecular flexibility index (Phi) is 8.21. The summed E-state index contributed by atoms with van der Waals surface area (Å²) in [7, 11) is 0. The highest BCUT2D eigenvalue weighted by Crippen LogP contribution is 2.28. The monoisotopic (exact) mass is 517 g/mol. The molecule has 0 fully saturated rings. The summed E-state index contributed by atoms with van der Waals surface area (Å²) in [5.74, 6) is 0.313. The van der Waals surface area contributed by atoms with Crippen LogP contribution >= 0.6 is 0 Å². The Morgan fingerprint density at radius 2 is 1.62 bits per heavy atom. The van der Waals surface area contributed by atoms with Crippen molar-refractivity contribution in [1.29, 1.82) is 0 Å². The van der Waals surface area contributed by atoms with Crippen molar-refractivity contribution in [3.8, 4) is 11.3 Å². The standard InChI is InChI=1S/C32H31N5O2/c1-22-25(21-33-19-8-20-38)11-7-14-28(22)35-31(39)24-15-17-26(18-16-24)34-32-36-29-13-6-5-12-27(29)30(37-32)23-9-3-2-4-10-23/h2-7,9-18,33,38H,8,19-21H2,1H3,(H,35,39)(H,34,36,37). The second kappa shape index (κ2) is 12.3. The van der Waals surface area contributed by atoms with Gasteiger partial charge in [0.05, 0.1) is 11.2 Å². The van der Waals surface area contributed by atoms with Crippen molar-refractivity contribution in [1.82, 2.24) is 15.3 Å². The van der Waals surface area contributed by atoms with Gasteiger partial charge in [0.1, 0.15) is 0 Å². The zero-order valence-corrected chi connectivity index (χ0v) is 21.8. The van der Waals surface area contributed by atoms with Crippen molar-refractivity contribution in [2.24, 2.45) is 0 Å². The number of rotatable bonds is 10. The fraction of sp³-hybridized carbons (Fsp3) is 0.156. The van der Waals surface area contributed by atoms with Gasteiger partial charge in [-0.1, -0.05) is 60.7 Å². The van der Waals surface area contributed by atoms with Crippen LogP contribution in [0.25, 0.3) is 22.2 Å². The smallest absolute Gasteiger partial charge is 0.255 e. The van der Waals surface area contributed by atoms with Gasteiger partial charge in [-0.25, -0.2) is 9.97 Å². The number of para-hydroxylation sites is 1. The summed E-state index contributed by atoms with van der Waals surface area (Å²) < 4.78 is 0. The van der Waals surface area contributed by atoms with Crippen LogP contribution in [0.3, 0.4) is 0 Å². The second-order valence-corrected chi connectivity index (χ2v) is 9.28. The SMILES string of the molecule is Cc1c(CNCCCO)cccc1NC(=O)c1ccc(Nc2nc(-c3ccccc3)c3ccccc3n2)cc1. The molecule has 4 aromatic carbocycles. The van der Waals surface area contributed by atoms with E-state index in [9.17, 15) is 4.79 Å². The molecular formula is C32H31N5O2. The van der Waals surface area contributed by atoms with Crippen molar-refractivity contribution in [2.75, 3.05) is 23.8 Å². The molecule has 0 spiro atoms. The number of benzene rings is 4. The predicted octanol–water partition coefficient (Wildman–Crippen LogP) is 6.07. The summed E-state index contributed by atoms with van der Waals surface area (Å²) in [5, 5.41) is 19.6. The van der Waals surface area contributed by atoms with Crippen LogP contribution in [0, 0.1) is 6.92 Å². The summed E-state index contributed by atoms with van der Waals surface area (Å²) in [6.45, 7) is 3.59. The lowest BCUT2D eigenvalue weighted by Crippen LogP contribution is -2.17. The van der Waals surface area contributed by atoms with Crippen LogP contribution in [-0.2, 0) is 6.54 Å². The Labute approximate surface area is 228 Å². The molecule has 0 saturated heterocycles. The number of aliphatic hydroxyl groups is 1. The lowest BCUT2D eigenvalue weighted by Gasteiger charge is -2.14. The van der Waals surface area contributed by atoms with Gasteiger partial charge in [-0.15, -0.1) is 0 Å². The normalized spacial score (nSPS) is 10.9. The fourth-order valence-corrected chi connectivity index (χ4v) is 4.41. The van der Waals surface area contributed by atoms with Crippen LogP contribution in [0.5, 0.6) is 0 Å². The number of carbonyl (C=O) groups is 1. The summed E-state index contributed by atoms with van der Waals surface area (Å²) in [4.78, 5) is 22.5. The van der Waals surface area contributed by atoms with E-state index in [0.29, 0.717) is 24.5 Å². The number of carbonyl (C=O) groups excluding carboxylic acids is 1. The Morgan fingerprint density at radius 1 is 0.846 bits per heavy atom. The van der Waals surface area contributed by atoms with Gasteiger partial charge < -0.3 is 21.1 Å². The van der Waals surface area contributed by atoms with Crippen LogP contribution in [0.2, 0.25) is 0 Å². The van der Waals surface area contributed by atoms with E-state index in [-0.39, 0.29) is 12.5 Å². The predicted molar refractivity (Wildman–Crippen MR) is 157 cm³/mol. The Hall–Kier alpha value is -4.59. The van der Waals surface area contributed by atoms with Crippen LogP contribution in [-0.4, -0.2) is 34.1 Å². The molecule has 0 saturated carbocycles. The minimum absolute atomic E-state index is 0.167.